The van der Waals surface area contributed by atoms with E-state index in [0.717, 1.165) is 38.8 Å². The van der Waals surface area contributed by atoms with Gasteiger partial charge in [0.15, 0.2) is 0 Å². The molecule has 1 aromatic carbocycles. The number of likely N-dealkylation sites (tertiary alicyclic amines) is 1. The van der Waals surface area contributed by atoms with Gasteiger partial charge in [0.2, 0.25) is 5.91 Å². The van der Waals surface area contributed by atoms with E-state index in [4.69, 9.17) is 23.2 Å². The second-order valence-corrected chi connectivity index (χ2v) is 9.18. The number of benzene rings is 1. The van der Waals surface area contributed by atoms with Crippen molar-refractivity contribution in [1.82, 2.24) is 10.2 Å². The Balaban J connectivity index is 0.00000225. The van der Waals surface area contributed by atoms with Crippen molar-refractivity contribution >= 4 is 52.9 Å². The minimum Gasteiger partial charge on any atom is -0.342 e. The highest BCUT2D eigenvalue weighted by molar-refractivity contribution is 7.10. The molecule has 28 heavy (non-hydrogen) atoms. The van der Waals surface area contributed by atoms with Gasteiger partial charge in [0.05, 0.1) is 16.6 Å². The Labute approximate surface area is 186 Å². The van der Waals surface area contributed by atoms with Crippen molar-refractivity contribution in [3.8, 4) is 0 Å². The van der Waals surface area contributed by atoms with Gasteiger partial charge in [-0.2, -0.15) is 0 Å². The maximum atomic E-state index is 12.5. The van der Waals surface area contributed by atoms with Crippen LogP contribution in [0.3, 0.4) is 0 Å². The van der Waals surface area contributed by atoms with E-state index in [1.807, 2.05) is 17.0 Å². The molecule has 1 fully saturated rings. The molecule has 0 spiro atoms. The second-order valence-electron chi connectivity index (χ2n) is 7.42. The van der Waals surface area contributed by atoms with Crippen molar-refractivity contribution in [3.63, 3.8) is 0 Å². The van der Waals surface area contributed by atoms with Gasteiger partial charge in [-0.25, -0.2) is 0 Å². The lowest BCUT2D eigenvalue weighted by molar-refractivity contribution is -0.131. The highest BCUT2D eigenvalue weighted by Gasteiger charge is 2.30. The van der Waals surface area contributed by atoms with Gasteiger partial charge in [-0.15, -0.1) is 23.7 Å². The molecule has 2 atom stereocenters. The van der Waals surface area contributed by atoms with Gasteiger partial charge < -0.3 is 10.2 Å². The summed E-state index contributed by atoms with van der Waals surface area (Å²) in [4.78, 5) is 15.9. The molecule has 152 valence electrons. The highest BCUT2D eigenvalue weighted by Crippen LogP contribution is 2.44. The lowest BCUT2D eigenvalue weighted by atomic mass is 9.82. The maximum absolute atomic E-state index is 12.5. The molecule has 1 saturated heterocycles. The monoisotopic (exact) mass is 458 g/mol. The quantitative estimate of drug-likeness (QED) is 0.604. The van der Waals surface area contributed by atoms with Crippen LogP contribution in [0, 0.1) is 0 Å². The molecule has 3 nitrogen and oxygen atoms in total. The summed E-state index contributed by atoms with van der Waals surface area (Å²) < 4.78 is 0. The number of carbonyl (C=O) groups excluding carboxylic acids is 1. The summed E-state index contributed by atoms with van der Waals surface area (Å²) in [5, 5.41) is 6.88. The Morgan fingerprint density at radius 3 is 2.64 bits per heavy atom. The lowest BCUT2D eigenvalue weighted by Crippen LogP contribution is -2.42. The Morgan fingerprint density at radius 1 is 1.11 bits per heavy atom. The number of fused-ring (bicyclic) bond motifs is 1. The van der Waals surface area contributed by atoms with Gasteiger partial charge in [0.1, 0.15) is 0 Å². The number of amides is 1. The number of halogens is 3. The van der Waals surface area contributed by atoms with Crippen molar-refractivity contribution in [3.05, 3.63) is 55.7 Å². The third-order valence-corrected chi connectivity index (χ3v) is 7.50. The summed E-state index contributed by atoms with van der Waals surface area (Å²) in [5.41, 5.74) is 2.55. The Kier molecular flexibility index (Phi) is 7.68. The van der Waals surface area contributed by atoms with E-state index in [1.165, 1.54) is 22.4 Å². The Morgan fingerprint density at radius 2 is 1.89 bits per heavy atom. The summed E-state index contributed by atoms with van der Waals surface area (Å²) in [7, 11) is 0. The summed E-state index contributed by atoms with van der Waals surface area (Å²) in [6.07, 6.45) is 5.57. The third kappa shape index (κ3) is 4.68. The van der Waals surface area contributed by atoms with Gasteiger partial charge in [0, 0.05) is 29.9 Å². The Bertz CT molecular complexity index is 820. The fourth-order valence-electron chi connectivity index (χ4n) is 4.25. The SMILES string of the molecule is Cl.O=C(CNC1CCC(c2ccc(Cl)c(Cl)c2)c2sccc21)N1CCCCC1. The standard InChI is InChI=1S/C21H24Cl2N2OS.ClH/c22-17-6-4-14(12-18(17)23)15-5-7-19(16-8-11-27-21(15)16)24-13-20(26)25-9-2-1-3-10-25;/h4,6,8,11-12,15,19,24H,1-3,5,7,9-10,13H2;1H. The van der Waals surface area contributed by atoms with Gasteiger partial charge in [-0.3, -0.25) is 4.79 Å². The van der Waals surface area contributed by atoms with Crippen molar-refractivity contribution in [2.24, 2.45) is 0 Å². The van der Waals surface area contributed by atoms with E-state index in [-0.39, 0.29) is 24.4 Å². The molecule has 1 aliphatic carbocycles. The summed E-state index contributed by atoms with van der Waals surface area (Å²) in [5.74, 6) is 0.587. The van der Waals surface area contributed by atoms with E-state index in [2.05, 4.69) is 22.8 Å². The molecule has 0 saturated carbocycles. The fourth-order valence-corrected chi connectivity index (χ4v) is 5.68. The van der Waals surface area contributed by atoms with Crippen LogP contribution in [0.25, 0.3) is 0 Å². The molecular weight excluding hydrogens is 435 g/mol. The smallest absolute Gasteiger partial charge is 0.236 e. The first-order valence-electron chi connectivity index (χ1n) is 9.67. The number of piperidine rings is 1. The van der Waals surface area contributed by atoms with Crippen molar-refractivity contribution < 1.29 is 4.79 Å². The molecule has 0 radical (unpaired) electrons. The van der Waals surface area contributed by atoms with Gasteiger partial charge >= 0.3 is 0 Å². The number of rotatable bonds is 4. The molecule has 1 amide bonds. The van der Waals surface area contributed by atoms with Crippen LogP contribution in [0.5, 0.6) is 0 Å². The van der Waals surface area contributed by atoms with Crippen LogP contribution in [0.1, 0.15) is 60.1 Å². The molecule has 2 aromatic rings. The third-order valence-electron chi connectivity index (χ3n) is 5.72. The van der Waals surface area contributed by atoms with E-state index in [0.29, 0.717) is 22.5 Å². The number of nitrogens with zero attached hydrogens (tertiary/aromatic N) is 1. The molecule has 2 heterocycles. The van der Waals surface area contributed by atoms with Crippen LogP contribution in [0.4, 0.5) is 0 Å². The molecule has 1 aliphatic heterocycles. The first-order chi connectivity index (χ1) is 13.1. The fraction of sp³-hybridized carbons (Fsp3) is 0.476. The van der Waals surface area contributed by atoms with E-state index in [9.17, 15) is 4.79 Å². The molecule has 1 N–H and O–H groups in total. The summed E-state index contributed by atoms with van der Waals surface area (Å²) >= 11 is 14.1. The van der Waals surface area contributed by atoms with Crippen LogP contribution in [-0.4, -0.2) is 30.4 Å². The topological polar surface area (TPSA) is 32.3 Å². The molecule has 0 bridgehead atoms. The molecule has 4 rings (SSSR count). The zero-order valence-electron chi connectivity index (χ0n) is 15.6. The average molecular weight is 460 g/mol. The normalized spacial score (nSPS) is 21.7. The average Bonchev–Trinajstić information content (AvgIpc) is 3.19. The molecular formula is C21H25Cl3N2OS. The zero-order chi connectivity index (χ0) is 18.8. The molecule has 1 aromatic heterocycles. The van der Waals surface area contributed by atoms with Crippen LogP contribution < -0.4 is 5.32 Å². The van der Waals surface area contributed by atoms with E-state index >= 15 is 0 Å². The van der Waals surface area contributed by atoms with Crippen molar-refractivity contribution in [2.45, 2.75) is 44.1 Å². The van der Waals surface area contributed by atoms with E-state index in [1.54, 1.807) is 11.3 Å². The predicted octanol–water partition coefficient (Wildman–Crippen LogP) is 6.05. The van der Waals surface area contributed by atoms with Gasteiger partial charge in [-0.1, -0.05) is 29.3 Å². The van der Waals surface area contributed by atoms with Crippen LogP contribution in [0.2, 0.25) is 10.0 Å². The number of thiophene rings is 1. The molecule has 2 unspecified atom stereocenters. The van der Waals surface area contributed by atoms with Gasteiger partial charge in [0.25, 0.3) is 0 Å². The first-order valence-corrected chi connectivity index (χ1v) is 11.3. The van der Waals surface area contributed by atoms with E-state index < -0.39 is 0 Å². The summed E-state index contributed by atoms with van der Waals surface area (Å²) in [6.45, 7) is 2.25. The number of nitrogens with one attached hydrogen (secondary N) is 1. The first kappa shape index (κ1) is 21.9. The minimum absolute atomic E-state index is 0. The van der Waals surface area contributed by atoms with Crippen molar-refractivity contribution in [2.75, 3.05) is 19.6 Å². The predicted molar refractivity (Wildman–Crippen MR) is 120 cm³/mol. The Hall–Kier alpha value is -0.780. The highest BCUT2D eigenvalue weighted by atomic mass is 35.5. The zero-order valence-corrected chi connectivity index (χ0v) is 18.8. The largest absolute Gasteiger partial charge is 0.342 e. The molecule has 7 heteroatoms. The van der Waals surface area contributed by atoms with Crippen LogP contribution in [0.15, 0.2) is 29.6 Å². The van der Waals surface area contributed by atoms with Crippen molar-refractivity contribution in [1.29, 1.82) is 0 Å². The maximum Gasteiger partial charge on any atom is 0.236 e. The number of hydrogen-bond acceptors (Lipinski definition) is 3. The summed E-state index contributed by atoms with van der Waals surface area (Å²) in [6, 6.07) is 8.40. The number of carbonyl (C=O) groups is 1. The van der Waals surface area contributed by atoms with Crippen LogP contribution in [-0.2, 0) is 4.79 Å². The number of hydrogen-bond donors (Lipinski definition) is 1. The van der Waals surface area contributed by atoms with Crippen LogP contribution >= 0.6 is 46.9 Å². The lowest BCUT2D eigenvalue weighted by Gasteiger charge is -2.31. The molecule has 2 aliphatic rings. The van der Waals surface area contributed by atoms with Gasteiger partial charge in [-0.05, 0) is 66.8 Å². The second kappa shape index (κ2) is 9.82. The minimum atomic E-state index is 0.